The van der Waals surface area contributed by atoms with Crippen LogP contribution < -0.4 is 16.4 Å². The average Bonchev–Trinajstić information content (AvgIpc) is 2.42. The predicted octanol–water partition coefficient (Wildman–Crippen LogP) is 2.81. The highest BCUT2D eigenvalue weighted by atomic mass is 35.5. The van der Waals surface area contributed by atoms with Crippen LogP contribution in [0.4, 0.5) is 15.8 Å². The van der Waals surface area contributed by atoms with Crippen molar-refractivity contribution in [2.45, 2.75) is 44.6 Å². The minimum absolute atomic E-state index is 0. The van der Waals surface area contributed by atoms with Gasteiger partial charge < -0.3 is 16.4 Å². The molecule has 1 aromatic rings. The predicted molar refractivity (Wildman–Crippen MR) is 86.6 cm³/mol. The number of nitrogens with one attached hydrogen (secondary N) is 2. The molecule has 0 atom stereocenters. The third-order valence-electron chi connectivity index (χ3n) is 3.73. The van der Waals surface area contributed by atoms with Crippen molar-refractivity contribution >= 4 is 35.6 Å². The molecular weight excluding hydrogens is 309 g/mol. The number of amides is 2. The number of anilines is 2. The van der Waals surface area contributed by atoms with Crippen LogP contribution >= 0.6 is 12.4 Å². The summed E-state index contributed by atoms with van der Waals surface area (Å²) in [6.07, 6.45) is 4.08. The molecule has 1 aliphatic rings. The Morgan fingerprint density at radius 1 is 1.18 bits per heavy atom. The maximum absolute atomic E-state index is 13.8. The van der Waals surface area contributed by atoms with Crippen LogP contribution in [0.15, 0.2) is 18.2 Å². The van der Waals surface area contributed by atoms with Gasteiger partial charge in [0.2, 0.25) is 11.8 Å². The van der Waals surface area contributed by atoms with Crippen molar-refractivity contribution in [3.05, 3.63) is 24.0 Å². The van der Waals surface area contributed by atoms with Crippen molar-refractivity contribution in [1.29, 1.82) is 0 Å². The fourth-order valence-corrected chi connectivity index (χ4v) is 2.56. The molecule has 0 radical (unpaired) electrons. The van der Waals surface area contributed by atoms with E-state index in [9.17, 15) is 14.0 Å². The molecule has 0 bridgehead atoms. The SMILES string of the molecule is CC(=O)Nc1ccc(F)c(NC(=O)C2(N)CCCCC2)c1.Cl. The summed E-state index contributed by atoms with van der Waals surface area (Å²) >= 11 is 0. The molecule has 0 aliphatic heterocycles. The summed E-state index contributed by atoms with van der Waals surface area (Å²) < 4.78 is 13.8. The van der Waals surface area contributed by atoms with Crippen LogP contribution in [-0.4, -0.2) is 17.4 Å². The Morgan fingerprint density at radius 2 is 1.82 bits per heavy atom. The molecular formula is C15H21ClFN3O2. The molecule has 5 nitrogen and oxygen atoms in total. The molecule has 1 fully saturated rings. The second kappa shape index (κ2) is 7.56. The van der Waals surface area contributed by atoms with E-state index in [0.29, 0.717) is 18.5 Å². The first-order valence-electron chi connectivity index (χ1n) is 7.08. The minimum atomic E-state index is -0.936. The monoisotopic (exact) mass is 329 g/mol. The van der Waals surface area contributed by atoms with Gasteiger partial charge in [-0.3, -0.25) is 9.59 Å². The molecule has 22 heavy (non-hydrogen) atoms. The van der Waals surface area contributed by atoms with E-state index in [0.717, 1.165) is 19.3 Å². The summed E-state index contributed by atoms with van der Waals surface area (Å²) in [5.41, 5.74) is 5.63. The highest BCUT2D eigenvalue weighted by Gasteiger charge is 2.35. The van der Waals surface area contributed by atoms with Gasteiger partial charge >= 0.3 is 0 Å². The number of hydrogen-bond acceptors (Lipinski definition) is 3. The minimum Gasteiger partial charge on any atom is -0.326 e. The Hall–Kier alpha value is -1.66. The van der Waals surface area contributed by atoms with Gasteiger partial charge in [-0.05, 0) is 31.0 Å². The molecule has 0 aromatic heterocycles. The van der Waals surface area contributed by atoms with E-state index in [1.54, 1.807) is 0 Å². The molecule has 0 saturated heterocycles. The van der Waals surface area contributed by atoms with Crippen molar-refractivity contribution in [1.82, 2.24) is 0 Å². The normalized spacial score (nSPS) is 16.3. The quantitative estimate of drug-likeness (QED) is 0.797. The zero-order valence-electron chi connectivity index (χ0n) is 12.4. The van der Waals surface area contributed by atoms with Crippen LogP contribution in [0.1, 0.15) is 39.0 Å². The molecule has 2 rings (SSSR count). The number of rotatable bonds is 3. The molecule has 1 aliphatic carbocycles. The van der Waals surface area contributed by atoms with Crippen molar-refractivity contribution in [3.8, 4) is 0 Å². The maximum Gasteiger partial charge on any atom is 0.244 e. The van der Waals surface area contributed by atoms with Crippen molar-refractivity contribution in [3.63, 3.8) is 0 Å². The molecule has 0 heterocycles. The van der Waals surface area contributed by atoms with Gasteiger partial charge in [-0.1, -0.05) is 19.3 Å². The summed E-state index contributed by atoms with van der Waals surface area (Å²) in [7, 11) is 0. The van der Waals surface area contributed by atoms with E-state index in [-0.39, 0.29) is 29.9 Å². The largest absolute Gasteiger partial charge is 0.326 e. The lowest BCUT2D eigenvalue weighted by Gasteiger charge is -2.31. The highest BCUT2D eigenvalue weighted by Crippen LogP contribution is 2.28. The number of hydrogen-bond donors (Lipinski definition) is 3. The molecule has 1 aromatic carbocycles. The van der Waals surface area contributed by atoms with Crippen LogP contribution in [-0.2, 0) is 9.59 Å². The van der Waals surface area contributed by atoms with Crippen LogP contribution in [0.5, 0.6) is 0 Å². The van der Waals surface area contributed by atoms with E-state index in [1.807, 2.05) is 0 Å². The van der Waals surface area contributed by atoms with Crippen LogP contribution in [0, 0.1) is 5.82 Å². The van der Waals surface area contributed by atoms with Crippen LogP contribution in [0.25, 0.3) is 0 Å². The van der Waals surface area contributed by atoms with Gasteiger partial charge in [-0.2, -0.15) is 0 Å². The second-order valence-electron chi connectivity index (χ2n) is 5.55. The first-order chi connectivity index (χ1) is 9.90. The Morgan fingerprint density at radius 3 is 2.41 bits per heavy atom. The highest BCUT2D eigenvalue weighted by molar-refractivity contribution is 5.99. The zero-order valence-corrected chi connectivity index (χ0v) is 13.3. The van der Waals surface area contributed by atoms with E-state index >= 15 is 0 Å². The summed E-state index contributed by atoms with van der Waals surface area (Å²) in [4.78, 5) is 23.3. The second-order valence-corrected chi connectivity index (χ2v) is 5.55. The van der Waals surface area contributed by atoms with Gasteiger partial charge in [0, 0.05) is 12.6 Å². The van der Waals surface area contributed by atoms with E-state index in [2.05, 4.69) is 10.6 Å². The topological polar surface area (TPSA) is 84.2 Å². The standard InChI is InChI=1S/C15H20FN3O2.ClH/c1-10(20)18-11-5-6-12(16)13(9-11)19-14(21)15(17)7-3-2-4-8-15;/h5-6,9H,2-4,7-8,17H2,1H3,(H,18,20)(H,19,21);1H. The number of halogens is 2. The molecule has 7 heteroatoms. The molecule has 2 amide bonds. The molecule has 0 spiro atoms. The number of benzene rings is 1. The van der Waals surface area contributed by atoms with Crippen molar-refractivity contribution < 1.29 is 14.0 Å². The Labute approximate surface area is 135 Å². The van der Waals surface area contributed by atoms with Crippen LogP contribution in [0.3, 0.4) is 0 Å². The van der Waals surface area contributed by atoms with Gasteiger partial charge in [0.25, 0.3) is 0 Å². The molecule has 4 N–H and O–H groups in total. The van der Waals surface area contributed by atoms with Gasteiger partial charge in [0.1, 0.15) is 5.82 Å². The Kier molecular flexibility index (Phi) is 6.32. The van der Waals surface area contributed by atoms with E-state index < -0.39 is 11.4 Å². The zero-order chi connectivity index (χ0) is 15.5. The smallest absolute Gasteiger partial charge is 0.244 e. The van der Waals surface area contributed by atoms with E-state index in [1.165, 1.54) is 25.1 Å². The fraction of sp³-hybridized carbons (Fsp3) is 0.467. The van der Waals surface area contributed by atoms with Crippen molar-refractivity contribution in [2.75, 3.05) is 10.6 Å². The van der Waals surface area contributed by atoms with Gasteiger partial charge in [0.15, 0.2) is 0 Å². The van der Waals surface area contributed by atoms with Crippen LogP contribution in [0.2, 0.25) is 0 Å². The lowest BCUT2D eigenvalue weighted by atomic mass is 9.82. The molecule has 122 valence electrons. The maximum atomic E-state index is 13.8. The summed E-state index contributed by atoms with van der Waals surface area (Å²) in [6, 6.07) is 4.02. The number of nitrogens with two attached hydrogens (primary N) is 1. The molecule has 0 unspecified atom stereocenters. The lowest BCUT2D eigenvalue weighted by molar-refractivity contribution is -0.122. The Balaban J connectivity index is 0.00000242. The fourth-order valence-electron chi connectivity index (χ4n) is 2.56. The Bertz CT molecular complexity index is 560. The summed E-state index contributed by atoms with van der Waals surface area (Å²) in [6.45, 7) is 1.36. The number of carbonyl (C=O) groups excluding carboxylic acids is 2. The summed E-state index contributed by atoms with van der Waals surface area (Å²) in [5, 5.41) is 5.09. The van der Waals surface area contributed by atoms with Crippen molar-refractivity contribution in [2.24, 2.45) is 5.73 Å². The average molecular weight is 330 g/mol. The van der Waals surface area contributed by atoms with Gasteiger partial charge in [-0.15, -0.1) is 12.4 Å². The first kappa shape index (κ1) is 18.4. The van der Waals surface area contributed by atoms with Gasteiger partial charge in [0.05, 0.1) is 11.2 Å². The summed E-state index contributed by atoms with van der Waals surface area (Å²) in [5.74, 6) is -1.20. The third kappa shape index (κ3) is 4.42. The third-order valence-corrected chi connectivity index (χ3v) is 3.73. The lowest BCUT2D eigenvalue weighted by Crippen LogP contribution is -2.52. The first-order valence-corrected chi connectivity index (χ1v) is 7.08. The molecule has 1 saturated carbocycles. The van der Waals surface area contributed by atoms with Gasteiger partial charge in [-0.25, -0.2) is 4.39 Å². The van der Waals surface area contributed by atoms with E-state index in [4.69, 9.17) is 5.73 Å². The number of carbonyl (C=O) groups is 2.